The highest BCUT2D eigenvalue weighted by molar-refractivity contribution is 5.83. The molecule has 5 heterocycles. The summed E-state index contributed by atoms with van der Waals surface area (Å²) in [5.41, 5.74) is 3.75. The highest BCUT2D eigenvalue weighted by Gasteiger charge is 2.28. The van der Waals surface area contributed by atoms with Gasteiger partial charge in [-0.05, 0) is 37.1 Å². The van der Waals surface area contributed by atoms with Crippen LogP contribution in [0.15, 0.2) is 41.5 Å². The Balaban J connectivity index is 1.59. The van der Waals surface area contributed by atoms with Crippen LogP contribution in [-0.4, -0.2) is 48.0 Å². The molecule has 0 bridgehead atoms. The molecule has 162 valence electrons. The van der Waals surface area contributed by atoms with Crippen molar-refractivity contribution >= 4 is 22.6 Å². The van der Waals surface area contributed by atoms with Gasteiger partial charge < -0.3 is 9.88 Å². The number of piperidine rings is 1. The summed E-state index contributed by atoms with van der Waals surface area (Å²) in [6.07, 6.45) is 5.10. The smallest absolute Gasteiger partial charge is 0.327 e. The molecule has 0 radical (unpaired) electrons. The molecule has 1 fully saturated rings. The number of aromatic nitrogens is 5. The maximum atomic E-state index is 12.9. The van der Waals surface area contributed by atoms with Gasteiger partial charge in [0.1, 0.15) is 0 Å². The van der Waals surface area contributed by atoms with Gasteiger partial charge in [0.05, 0.1) is 40.6 Å². The Kier molecular flexibility index (Phi) is 4.78. The van der Waals surface area contributed by atoms with Crippen molar-refractivity contribution in [2.24, 2.45) is 5.92 Å². The number of nitrogens with zero attached hydrogens (tertiary/aromatic N) is 6. The first kappa shape index (κ1) is 20.0. The van der Waals surface area contributed by atoms with Crippen LogP contribution in [0.3, 0.4) is 0 Å². The average molecular weight is 429 g/mol. The molecule has 0 saturated carbocycles. The molecule has 32 heavy (non-hydrogen) atoms. The molecule has 1 saturated heterocycles. The zero-order chi connectivity index (χ0) is 22.4. The van der Waals surface area contributed by atoms with E-state index in [1.165, 1.54) is 0 Å². The second kappa shape index (κ2) is 7.64. The van der Waals surface area contributed by atoms with Gasteiger partial charge >= 0.3 is 5.69 Å². The van der Waals surface area contributed by atoms with Crippen molar-refractivity contribution in [3.8, 4) is 17.3 Å². The van der Waals surface area contributed by atoms with Gasteiger partial charge in [0.2, 0.25) is 5.91 Å². The molecule has 9 heteroatoms. The minimum absolute atomic E-state index is 0.0768. The van der Waals surface area contributed by atoms with Gasteiger partial charge in [-0.2, -0.15) is 10.4 Å². The van der Waals surface area contributed by atoms with Crippen molar-refractivity contribution in [3.05, 3.63) is 52.7 Å². The summed E-state index contributed by atoms with van der Waals surface area (Å²) in [5, 5.41) is 13.6. The van der Waals surface area contributed by atoms with Gasteiger partial charge in [0.15, 0.2) is 5.65 Å². The molecule has 0 aliphatic carbocycles. The molecular weight excluding hydrogens is 406 g/mol. The van der Waals surface area contributed by atoms with Crippen LogP contribution >= 0.6 is 0 Å². The van der Waals surface area contributed by atoms with Gasteiger partial charge in [-0.25, -0.2) is 14.3 Å². The molecule has 1 amide bonds. The number of nitriles is 1. The Bertz CT molecular complexity index is 1440. The zero-order valence-corrected chi connectivity index (χ0v) is 17.9. The van der Waals surface area contributed by atoms with Crippen molar-refractivity contribution in [1.29, 1.82) is 5.26 Å². The molecule has 4 aromatic heterocycles. The number of aromatic amines is 1. The molecule has 1 N–H and O–H groups in total. The number of carbonyl (C=O) groups is 1. The van der Waals surface area contributed by atoms with E-state index in [0.717, 1.165) is 23.9 Å². The van der Waals surface area contributed by atoms with Gasteiger partial charge in [-0.1, -0.05) is 13.8 Å². The summed E-state index contributed by atoms with van der Waals surface area (Å²) in [4.78, 5) is 34.9. The SMILES string of the molecule is CC(C)C(=O)N1CCC[C@H](n2c(=O)[nH]c3ccc(-c4cnn5ccc(C#N)cc45)nc32)C1. The van der Waals surface area contributed by atoms with Crippen molar-refractivity contribution in [1.82, 2.24) is 29.0 Å². The first-order chi connectivity index (χ1) is 15.5. The molecule has 0 unspecified atom stereocenters. The molecular formula is C23H23N7O2. The van der Waals surface area contributed by atoms with E-state index in [1.54, 1.807) is 33.6 Å². The van der Waals surface area contributed by atoms with Crippen molar-refractivity contribution < 1.29 is 4.79 Å². The fourth-order valence-electron chi connectivity index (χ4n) is 4.47. The van der Waals surface area contributed by atoms with E-state index in [9.17, 15) is 14.9 Å². The maximum Gasteiger partial charge on any atom is 0.327 e. The third-order valence-electron chi connectivity index (χ3n) is 6.06. The zero-order valence-electron chi connectivity index (χ0n) is 17.9. The van der Waals surface area contributed by atoms with Crippen molar-refractivity contribution in [3.63, 3.8) is 0 Å². The number of H-pyrrole nitrogens is 1. The third kappa shape index (κ3) is 3.24. The van der Waals surface area contributed by atoms with E-state index in [1.807, 2.05) is 30.9 Å². The largest absolute Gasteiger partial charge is 0.340 e. The minimum atomic E-state index is -0.222. The minimum Gasteiger partial charge on any atom is -0.340 e. The van der Waals surface area contributed by atoms with Crippen LogP contribution in [0, 0.1) is 17.2 Å². The van der Waals surface area contributed by atoms with Gasteiger partial charge in [0, 0.05) is 30.8 Å². The summed E-state index contributed by atoms with van der Waals surface area (Å²) in [5.74, 6) is 0.0305. The molecule has 5 rings (SSSR count). The van der Waals surface area contributed by atoms with Crippen LogP contribution in [0.25, 0.3) is 27.9 Å². The molecule has 1 atom stereocenters. The fraction of sp³-hybridized carbons (Fsp3) is 0.348. The molecule has 0 aromatic carbocycles. The maximum absolute atomic E-state index is 12.9. The topological polar surface area (TPSA) is 112 Å². The van der Waals surface area contributed by atoms with E-state index < -0.39 is 0 Å². The molecule has 4 aromatic rings. The van der Waals surface area contributed by atoms with Crippen LogP contribution < -0.4 is 5.69 Å². The predicted molar refractivity (Wildman–Crippen MR) is 119 cm³/mol. The molecule has 1 aliphatic rings. The summed E-state index contributed by atoms with van der Waals surface area (Å²) in [7, 11) is 0. The second-order valence-electron chi connectivity index (χ2n) is 8.52. The number of imidazole rings is 1. The number of rotatable bonds is 3. The highest BCUT2D eigenvalue weighted by atomic mass is 16.2. The van der Waals surface area contributed by atoms with Gasteiger partial charge in [-0.15, -0.1) is 0 Å². The first-order valence-corrected chi connectivity index (χ1v) is 10.7. The average Bonchev–Trinajstić information content (AvgIpc) is 3.37. The Hall–Kier alpha value is -3.93. The third-order valence-corrected chi connectivity index (χ3v) is 6.06. The van der Waals surface area contributed by atoms with Crippen LogP contribution in [0.5, 0.6) is 0 Å². The number of amides is 1. The van der Waals surface area contributed by atoms with Crippen molar-refractivity contribution in [2.45, 2.75) is 32.7 Å². The molecule has 0 spiro atoms. The van der Waals surface area contributed by atoms with E-state index in [0.29, 0.717) is 35.5 Å². The molecule has 9 nitrogen and oxygen atoms in total. The summed E-state index contributed by atoms with van der Waals surface area (Å²) in [6, 6.07) is 9.18. The number of carbonyl (C=O) groups excluding carboxylic acids is 1. The summed E-state index contributed by atoms with van der Waals surface area (Å²) < 4.78 is 3.38. The highest BCUT2D eigenvalue weighted by Crippen LogP contribution is 2.28. The standard InChI is InChI=1S/C23H23N7O2/c1-14(2)22(31)28-8-3-4-16(13-28)30-21-19(27-23(30)32)6-5-18(26-21)17-12-25-29-9-7-15(11-24)10-20(17)29/h5-7,9-10,12,14,16H,3-4,8,13H2,1-2H3,(H,27,32)/t16-/m0/s1. The van der Waals surface area contributed by atoms with E-state index >= 15 is 0 Å². The summed E-state index contributed by atoms with van der Waals surface area (Å²) in [6.45, 7) is 5.00. The predicted octanol–water partition coefficient (Wildman–Crippen LogP) is 2.73. The van der Waals surface area contributed by atoms with E-state index in [-0.39, 0.29) is 23.6 Å². The Labute approximate surface area is 183 Å². The van der Waals surface area contributed by atoms with Crippen LogP contribution in [0.4, 0.5) is 0 Å². The quantitative estimate of drug-likeness (QED) is 0.538. The lowest BCUT2D eigenvalue weighted by Crippen LogP contribution is -2.44. The first-order valence-electron chi connectivity index (χ1n) is 10.7. The number of fused-ring (bicyclic) bond motifs is 2. The molecule has 1 aliphatic heterocycles. The number of hydrogen-bond donors (Lipinski definition) is 1. The van der Waals surface area contributed by atoms with Crippen LogP contribution in [0.1, 0.15) is 38.3 Å². The van der Waals surface area contributed by atoms with Crippen LogP contribution in [0.2, 0.25) is 0 Å². The monoisotopic (exact) mass is 429 g/mol. The normalized spacial score (nSPS) is 16.7. The fourth-order valence-corrected chi connectivity index (χ4v) is 4.47. The Morgan fingerprint density at radius 3 is 2.94 bits per heavy atom. The number of pyridine rings is 2. The lowest BCUT2D eigenvalue weighted by Gasteiger charge is -2.34. The Morgan fingerprint density at radius 2 is 2.16 bits per heavy atom. The number of hydrogen-bond acceptors (Lipinski definition) is 5. The lowest BCUT2D eigenvalue weighted by molar-refractivity contribution is -0.136. The van der Waals surface area contributed by atoms with E-state index in [2.05, 4.69) is 16.2 Å². The second-order valence-corrected chi connectivity index (χ2v) is 8.52. The van der Waals surface area contributed by atoms with Crippen molar-refractivity contribution in [2.75, 3.05) is 13.1 Å². The number of likely N-dealkylation sites (tertiary alicyclic amines) is 1. The van der Waals surface area contributed by atoms with Crippen LogP contribution in [-0.2, 0) is 4.79 Å². The number of nitrogens with one attached hydrogen (secondary N) is 1. The van der Waals surface area contributed by atoms with E-state index in [4.69, 9.17) is 4.98 Å². The summed E-state index contributed by atoms with van der Waals surface area (Å²) >= 11 is 0. The van der Waals surface area contributed by atoms with Gasteiger partial charge in [-0.3, -0.25) is 9.36 Å². The van der Waals surface area contributed by atoms with Gasteiger partial charge in [0.25, 0.3) is 0 Å². The Morgan fingerprint density at radius 1 is 1.31 bits per heavy atom. The lowest BCUT2D eigenvalue weighted by atomic mass is 10.0.